The van der Waals surface area contributed by atoms with Gasteiger partial charge in [-0.05, 0) is 19.4 Å². The maximum Gasteiger partial charge on any atom is 0.143 e. The maximum absolute atomic E-state index is 9.38. The van der Waals surface area contributed by atoms with Crippen LogP contribution in [0.4, 0.5) is 0 Å². The number of hydrogen-bond acceptors (Lipinski definition) is 4. The summed E-state index contributed by atoms with van der Waals surface area (Å²) in [5.41, 5.74) is 0.668. The quantitative estimate of drug-likeness (QED) is 0.492. The summed E-state index contributed by atoms with van der Waals surface area (Å²) in [7, 11) is 0. The van der Waals surface area contributed by atoms with Gasteiger partial charge in [-0.25, -0.2) is 0 Å². The highest BCUT2D eigenvalue weighted by Gasteiger charge is 2.37. The molecule has 12 heavy (non-hydrogen) atoms. The minimum Gasteiger partial charge on any atom is -0.510 e. The summed E-state index contributed by atoms with van der Waals surface area (Å²) in [4.78, 5) is 0. The number of aliphatic hydroxyl groups excluding tert-OH is 3. The molecule has 4 nitrogen and oxygen atoms in total. The highest BCUT2D eigenvalue weighted by Crippen LogP contribution is 2.23. The first-order chi connectivity index (χ1) is 5.54. The van der Waals surface area contributed by atoms with Crippen molar-refractivity contribution < 1.29 is 20.1 Å². The van der Waals surface area contributed by atoms with Gasteiger partial charge in [-0.3, -0.25) is 0 Å². The van der Waals surface area contributed by atoms with Gasteiger partial charge in [0, 0.05) is 0 Å². The molecule has 1 radical (unpaired) electrons. The lowest BCUT2D eigenvalue weighted by Crippen LogP contribution is -2.31. The lowest BCUT2D eigenvalue weighted by molar-refractivity contribution is 0.0218. The van der Waals surface area contributed by atoms with Crippen LogP contribution in [0.5, 0.6) is 0 Å². The van der Waals surface area contributed by atoms with Gasteiger partial charge in [-0.1, -0.05) is 0 Å². The molecule has 0 spiro atoms. The van der Waals surface area contributed by atoms with Gasteiger partial charge >= 0.3 is 0 Å². The number of hydrogen-bond donors (Lipinski definition) is 3. The number of aliphatic hydroxyl groups is 3. The molecule has 0 aromatic heterocycles. The van der Waals surface area contributed by atoms with Crippen molar-refractivity contribution >= 4 is 0 Å². The second kappa shape index (κ2) is 3.43. The fraction of sp³-hybridized carbons (Fsp3) is 0.625. The molecule has 3 N–H and O–H groups in total. The van der Waals surface area contributed by atoms with Crippen molar-refractivity contribution in [2.24, 2.45) is 0 Å². The molecular formula is C8H13O4. The third-order valence-electron chi connectivity index (χ3n) is 1.81. The average molecular weight is 173 g/mol. The summed E-state index contributed by atoms with van der Waals surface area (Å²) in [6.45, 7) is 4.53. The molecule has 69 valence electrons. The predicted octanol–water partition coefficient (Wildman–Crippen LogP) is 0.121. The summed E-state index contributed by atoms with van der Waals surface area (Å²) in [5.74, 6) is -0.0182. The first-order valence-corrected chi connectivity index (χ1v) is 3.75. The second-order valence-corrected chi connectivity index (χ2v) is 3.06. The van der Waals surface area contributed by atoms with Crippen LogP contribution in [0.15, 0.2) is 11.3 Å². The summed E-state index contributed by atoms with van der Waals surface area (Å²) in [6, 6.07) is 0. The fourth-order valence-corrected chi connectivity index (χ4v) is 1.02. The Labute approximate surface area is 71.1 Å². The SMILES string of the molecule is CC(C)=C(O)[C@H]1O[CH][C@H](O)[C@@H]1O. The van der Waals surface area contributed by atoms with Crippen molar-refractivity contribution in [2.75, 3.05) is 0 Å². The van der Waals surface area contributed by atoms with E-state index in [-0.39, 0.29) is 5.76 Å². The Balaban J connectivity index is 2.72. The van der Waals surface area contributed by atoms with E-state index in [1.165, 1.54) is 0 Å². The smallest absolute Gasteiger partial charge is 0.143 e. The second-order valence-electron chi connectivity index (χ2n) is 3.06. The van der Waals surface area contributed by atoms with Gasteiger partial charge in [0.25, 0.3) is 0 Å². The first-order valence-electron chi connectivity index (χ1n) is 3.75. The molecule has 4 heteroatoms. The van der Waals surface area contributed by atoms with E-state index in [1.807, 2.05) is 0 Å². The van der Waals surface area contributed by atoms with E-state index in [2.05, 4.69) is 0 Å². The lowest BCUT2D eigenvalue weighted by atomic mass is 10.1. The number of rotatable bonds is 1. The summed E-state index contributed by atoms with van der Waals surface area (Å²) >= 11 is 0. The lowest BCUT2D eigenvalue weighted by Gasteiger charge is -2.14. The molecule has 0 aromatic rings. The zero-order valence-corrected chi connectivity index (χ0v) is 7.06. The normalized spacial score (nSPS) is 35.2. The Morgan fingerprint density at radius 1 is 1.33 bits per heavy atom. The third kappa shape index (κ3) is 1.60. The molecule has 1 heterocycles. The van der Waals surface area contributed by atoms with Crippen LogP contribution in [0.1, 0.15) is 13.8 Å². The van der Waals surface area contributed by atoms with Crippen LogP contribution < -0.4 is 0 Å². The van der Waals surface area contributed by atoms with Gasteiger partial charge in [-0.2, -0.15) is 0 Å². The van der Waals surface area contributed by atoms with E-state index < -0.39 is 18.3 Å². The molecule has 1 aliphatic rings. The van der Waals surface area contributed by atoms with E-state index in [9.17, 15) is 10.2 Å². The molecule has 0 aliphatic carbocycles. The van der Waals surface area contributed by atoms with Gasteiger partial charge in [-0.15, -0.1) is 0 Å². The molecule has 0 unspecified atom stereocenters. The minimum absolute atomic E-state index is 0.0182. The zero-order valence-electron chi connectivity index (χ0n) is 7.06. The van der Waals surface area contributed by atoms with Crippen molar-refractivity contribution in [1.82, 2.24) is 0 Å². The molecule has 0 saturated carbocycles. The van der Waals surface area contributed by atoms with Crippen LogP contribution in [0.3, 0.4) is 0 Å². The molecule has 3 atom stereocenters. The Hall–Kier alpha value is -0.580. The molecule has 0 aromatic carbocycles. The molecule has 1 saturated heterocycles. The average Bonchev–Trinajstić information content (AvgIpc) is 2.32. The third-order valence-corrected chi connectivity index (χ3v) is 1.81. The Morgan fingerprint density at radius 3 is 2.25 bits per heavy atom. The molecule has 1 fully saturated rings. The summed E-state index contributed by atoms with van der Waals surface area (Å²) in [5, 5.41) is 27.7. The van der Waals surface area contributed by atoms with Crippen LogP contribution in [0, 0.1) is 6.61 Å². The largest absolute Gasteiger partial charge is 0.510 e. The Bertz CT molecular complexity index is 195. The molecular weight excluding hydrogens is 160 g/mol. The Morgan fingerprint density at radius 2 is 1.92 bits per heavy atom. The van der Waals surface area contributed by atoms with Gasteiger partial charge < -0.3 is 20.1 Å². The van der Waals surface area contributed by atoms with Crippen molar-refractivity contribution in [3.63, 3.8) is 0 Å². The van der Waals surface area contributed by atoms with E-state index >= 15 is 0 Å². The summed E-state index contributed by atoms with van der Waals surface area (Å²) < 4.78 is 4.87. The van der Waals surface area contributed by atoms with Gasteiger partial charge in [0.1, 0.15) is 30.7 Å². The van der Waals surface area contributed by atoms with E-state index in [1.54, 1.807) is 13.8 Å². The Kier molecular flexibility index (Phi) is 2.72. The monoisotopic (exact) mass is 173 g/mol. The van der Waals surface area contributed by atoms with Gasteiger partial charge in [0.05, 0.1) is 0 Å². The highest BCUT2D eigenvalue weighted by atomic mass is 16.5. The molecule has 1 rings (SSSR count). The topological polar surface area (TPSA) is 69.9 Å². The van der Waals surface area contributed by atoms with Crippen LogP contribution in [0.2, 0.25) is 0 Å². The van der Waals surface area contributed by atoms with Crippen LogP contribution >= 0.6 is 0 Å². The molecule has 1 aliphatic heterocycles. The van der Waals surface area contributed by atoms with Crippen LogP contribution in [0.25, 0.3) is 0 Å². The van der Waals surface area contributed by atoms with Gasteiger partial charge in [0.15, 0.2) is 0 Å². The van der Waals surface area contributed by atoms with E-state index in [4.69, 9.17) is 9.84 Å². The van der Waals surface area contributed by atoms with Crippen molar-refractivity contribution in [3.05, 3.63) is 17.9 Å². The van der Waals surface area contributed by atoms with Crippen molar-refractivity contribution in [3.8, 4) is 0 Å². The fourth-order valence-electron chi connectivity index (χ4n) is 1.02. The summed E-state index contributed by atoms with van der Waals surface area (Å²) in [6.07, 6.45) is -2.90. The van der Waals surface area contributed by atoms with Crippen LogP contribution in [-0.2, 0) is 4.74 Å². The molecule has 0 bridgehead atoms. The first kappa shape index (κ1) is 9.51. The van der Waals surface area contributed by atoms with E-state index in [0.717, 1.165) is 6.61 Å². The maximum atomic E-state index is 9.38. The number of allylic oxidation sites excluding steroid dienone is 1. The highest BCUT2D eigenvalue weighted by molar-refractivity contribution is 5.12. The van der Waals surface area contributed by atoms with Crippen molar-refractivity contribution in [2.45, 2.75) is 32.2 Å². The zero-order chi connectivity index (χ0) is 9.30. The number of ether oxygens (including phenoxy) is 1. The predicted molar refractivity (Wildman–Crippen MR) is 42.2 cm³/mol. The molecule has 0 amide bonds. The van der Waals surface area contributed by atoms with Crippen LogP contribution in [-0.4, -0.2) is 33.6 Å². The standard InChI is InChI=1S/C8H13O4/c1-4(2)6(10)8-7(11)5(9)3-12-8/h3,5,7-11H,1-2H3/t5-,7-,8+/m0/s1. The van der Waals surface area contributed by atoms with Crippen molar-refractivity contribution in [1.29, 1.82) is 0 Å². The van der Waals surface area contributed by atoms with Gasteiger partial charge in [0.2, 0.25) is 0 Å². The minimum atomic E-state index is -1.07. The van der Waals surface area contributed by atoms with E-state index in [0.29, 0.717) is 5.57 Å².